The van der Waals surface area contributed by atoms with E-state index in [-0.39, 0.29) is 0 Å². The molecule has 2 aromatic carbocycles. The molecular formula is C25H30N2O2. The topological polar surface area (TPSA) is 33.7 Å². The summed E-state index contributed by atoms with van der Waals surface area (Å²) in [6.07, 6.45) is 6.89. The maximum Gasteiger partial charge on any atom is 0.161 e. The molecule has 5 rings (SSSR count). The minimum atomic E-state index is 0.343. The first kappa shape index (κ1) is 18.7. The fraction of sp³-hybridized carbons (Fsp3) is 0.440. The number of rotatable bonds is 4. The van der Waals surface area contributed by atoms with Crippen molar-refractivity contribution in [2.45, 2.75) is 37.8 Å². The number of methoxy groups -OCH3 is 2. The van der Waals surface area contributed by atoms with E-state index in [2.05, 4.69) is 52.7 Å². The van der Waals surface area contributed by atoms with Gasteiger partial charge < -0.3 is 14.8 Å². The van der Waals surface area contributed by atoms with Crippen molar-refractivity contribution in [2.75, 3.05) is 33.9 Å². The highest BCUT2D eigenvalue weighted by atomic mass is 16.5. The molecule has 0 amide bonds. The molecule has 0 aromatic heterocycles. The zero-order chi connectivity index (χ0) is 19.8. The van der Waals surface area contributed by atoms with Crippen molar-refractivity contribution in [1.29, 1.82) is 0 Å². The number of hydrogen-bond acceptors (Lipinski definition) is 4. The van der Waals surface area contributed by atoms with E-state index in [1.54, 1.807) is 19.8 Å². The van der Waals surface area contributed by atoms with Crippen molar-refractivity contribution in [2.24, 2.45) is 0 Å². The maximum atomic E-state index is 5.58. The second-order valence-electron chi connectivity index (χ2n) is 8.39. The van der Waals surface area contributed by atoms with Crippen molar-refractivity contribution in [3.05, 3.63) is 70.3 Å². The van der Waals surface area contributed by atoms with E-state index in [0.29, 0.717) is 12.1 Å². The molecule has 0 fully saturated rings. The van der Waals surface area contributed by atoms with Gasteiger partial charge in [0.2, 0.25) is 0 Å². The Kier molecular flexibility index (Phi) is 5.06. The number of nitrogens with zero attached hydrogens (tertiary/aromatic N) is 1. The smallest absolute Gasteiger partial charge is 0.161 e. The third-order valence-corrected chi connectivity index (χ3v) is 6.87. The Bertz CT molecular complexity index is 936. The van der Waals surface area contributed by atoms with Crippen molar-refractivity contribution >= 4 is 0 Å². The van der Waals surface area contributed by atoms with Crippen LogP contribution in [0.4, 0.5) is 0 Å². The van der Waals surface area contributed by atoms with Crippen LogP contribution < -0.4 is 14.8 Å². The van der Waals surface area contributed by atoms with Gasteiger partial charge in [0, 0.05) is 25.2 Å². The van der Waals surface area contributed by atoms with E-state index in [9.17, 15) is 0 Å². The van der Waals surface area contributed by atoms with Crippen molar-refractivity contribution in [3.63, 3.8) is 0 Å². The van der Waals surface area contributed by atoms with Crippen LogP contribution >= 0.6 is 0 Å². The average molecular weight is 391 g/mol. The molecule has 0 aliphatic carbocycles. The van der Waals surface area contributed by atoms with Gasteiger partial charge in [-0.2, -0.15) is 0 Å². The first-order valence-electron chi connectivity index (χ1n) is 10.7. The summed E-state index contributed by atoms with van der Waals surface area (Å²) in [7, 11) is 3.43. The zero-order valence-corrected chi connectivity index (χ0v) is 17.4. The molecule has 4 nitrogen and oxygen atoms in total. The van der Waals surface area contributed by atoms with Gasteiger partial charge in [-0.05, 0) is 66.6 Å². The van der Waals surface area contributed by atoms with Gasteiger partial charge in [-0.15, -0.1) is 0 Å². The third-order valence-electron chi connectivity index (χ3n) is 6.87. The van der Waals surface area contributed by atoms with Gasteiger partial charge in [-0.1, -0.05) is 35.9 Å². The van der Waals surface area contributed by atoms with Crippen LogP contribution in [0.2, 0.25) is 0 Å². The zero-order valence-electron chi connectivity index (χ0n) is 17.4. The number of ether oxygens (including phenoxy) is 2. The van der Waals surface area contributed by atoms with Crippen LogP contribution in [-0.2, 0) is 12.8 Å². The molecule has 3 aliphatic heterocycles. The molecule has 0 radical (unpaired) electrons. The molecule has 2 atom stereocenters. The van der Waals surface area contributed by atoms with Crippen molar-refractivity contribution < 1.29 is 9.47 Å². The molecule has 0 saturated carbocycles. The number of hydrogen-bond donors (Lipinski definition) is 1. The van der Waals surface area contributed by atoms with E-state index in [0.717, 1.165) is 43.9 Å². The fourth-order valence-electron chi connectivity index (χ4n) is 5.32. The molecule has 2 unspecified atom stereocenters. The molecule has 0 saturated heterocycles. The number of benzene rings is 2. The van der Waals surface area contributed by atoms with E-state index < -0.39 is 0 Å². The predicted octanol–water partition coefficient (Wildman–Crippen LogP) is 4.21. The lowest BCUT2D eigenvalue weighted by molar-refractivity contribution is 0.190. The summed E-state index contributed by atoms with van der Waals surface area (Å²) >= 11 is 0. The van der Waals surface area contributed by atoms with E-state index in [1.165, 1.54) is 35.2 Å². The SMILES string of the molecule is COc1cc2c(cc1OC)C(CC1=CCN3CCc4ccccc4C3C1)NCC2. The van der Waals surface area contributed by atoms with Gasteiger partial charge in [0.1, 0.15) is 0 Å². The second-order valence-corrected chi connectivity index (χ2v) is 8.39. The molecule has 0 spiro atoms. The molecule has 2 aromatic rings. The highest BCUT2D eigenvalue weighted by Gasteiger charge is 2.31. The summed E-state index contributed by atoms with van der Waals surface area (Å²) < 4.78 is 11.1. The molecule has 3 heterocycles. The number of fused-ring (bicyclic) bond motifs is 4. The summed E-state index contributed by atoms with van der Waals surface area (Å²) in [5, 5.41) is 3.75. The minimum Gasteiger partial charge on any atom is -0.493 e. The lowest BCUT2D eigenvalue weighted by Gasteiger charge is -2.41. The molecule has 1 N–H and O–H groups in total. The minimum absolute atomic E-state index is 0.343. The summed E-state index contributed by atoms with van der Waals surface area (Å²) in [5.74, 6) is 1.66. The first-order valence-corrected chi connectivity index (χ1v) is 10.7. The summed E-state index contributed by atoms with van der Waals surface area (Å²) in [6.45, 7) is 3.26. The Morgan fingerprint density at radius 1 is 1.00 bits per heavy atom. The van der Waals surface area contributed by atoms with Crippen LogP contribution in [0.25, 0.3) is 0 Å². The second kappa shape index (κ2) is 7.85. The lowest BCUT2D eigenvalue weighted by Crippen LogP contribution is -2.38. The van der Waals surface area contributed by atoms with E-state index in [4.69, 9.17) is 9.47 Å². The third kappa shape index (κ3) is 3.45. The van der Waals surface area contributed by atoms with Gasteiger partial charge in [-0.25, -0.2) is 0 Å². The molecule has 0 bridgehead atoms. The number of nitrogens with one attached hydrogen (secondary N) is 1. The molecule has 29 heavy (non-hydrogen) atoms. The van der Waals surface area contributed by atoms with Crippen LogP contribution in [0.1, 0.15) is 47.2 Å². The van der Waals surface area contributed by atoms with Crippen LogP contribution in [0.5, 0.6) is 11.5 Å². The molecule has 4 heteroatoms. The molecule has 3 aliphatic rings. The van der Waals surface area contributed by atoms with E-state index >= 15 is 0 Å². The lowest BCUT2D eigenvalue weighted by atomic mass is 9.83. The van der Waals surface area contributed by atoms with Crippen LogP contribution in [0.15, 0.2) is 48.0 Å². The molecular weight excluding hydrogens is 360 g/mol. The average Bonchev–Trinajstić information content (AvgIpc) is 2.78. The Morgan fingerprint density at radius 2 is 1.83 bits per heavy atom. The van der Waals surface area contributed by atoms with Gasteiger partial charge in [-0.3, -0.25) is 4.90 Å². The first-order chi connectivity index (χ1) is 14.3. The highest BCUT2D eigenvalue weighted by Crippen LogP contribution is 2.41. The van der Waals surface area contributed by atoms with Crippen molar-refractivity contribution in [1.82, 2.24) is 10.2 Å². The normalized spacial score (nSPS) is 23.4. The van der Waals surface area contributed by atoms with Gasteiger partial charge in [0.05, 0.1) is 14.2 Å². The van der Waals surface area contributed by atoms with Gasteiger partial charge in [0.15, 0.2) is 11.5 Å². The van der Waals surface area contributed by atoms with Crippen LogP contribution in [-0.4, -0.2) is 38.8 Å². The Morgan fingerprint density at radius 3 is 2.69 bits per heavy atom. The van der Waals surface area contributed by atoms with Gasteiger partial charge >= 0.3 is 0 Å². The Balaban J connectivity index is 1.39. The van der Waals surface area contributed by atoms with Crippen LogP contribution in [0.3, 0.4) is 0 Å². The predicted molar refractivity (Wildman–Crippen MR) is 116 cm³/mol. The Labute approximate surface area is 173 Å². The monoisotopic (exact) mass is 390 g/mol. The summed E-state index contributed by atoms with van der Waals surface area (Å²) in [6, 6.07) is 14.2. The maximum absolute atomic E-state index is 5.58. The van der Waals surface area contributed by atoms with Crippen LogP contribution in [0, 0.1) is 0 Å². The summed E-state index contributed by atoms with van der Waals surface area (Å²) in [5.41, 5.74) is 7.39. The quantitative estimate of drug-likeness (QED) is 0.793. The van der Waals surface area contributed by atoms with Gasteiger partial charge in [0.25, 0.3) is 0 Å². The summed E-state index contributed by atoms with van der Waals surface area (Å²) in [4.78, 5) is 2.64. The molecule has 152 valence electrons. The largest absolute Gasteiger partial charge is 0.493 e. The van der Waals surface area contributed by atoms with E-state index in [1.807, 2.05) is 0 Å². The Hall–Kier alpha value is -2.30. The van der Waals surface area contributed by atoms with Crippen molar-refractivity contribution in [3.8, 4) is 11.5 Å². The fourth-order valence-corrected chi connectivity index (χ4v) is 5.32. The highest BCUT2D eigenvalue weighted by molar-refractivity contribution is 5.50. The standard InChI is InChI=1S/C25H30N2O2/c1-28-24-15-19-7-10-26-22(21(19)16-25(24)29-2)13-17-8-11-27-12-9-18-5-3-4-6-20(18)23(27)14-17/h3-6,8,15-16,22-23,26H,7,9-14H2,1-2H3.